The van der Waals surface area contributed by atoms with E-state index < -0.39 is 29.3 Å². The number of alkyl carbamates (subject to hydrolysis) is 1. The van der Waals surface area contributed by atoms with Gasteiger partial charge in [-0.25, -0.2) is 9.59 Å². The second-order valence-electron chi connectivity index (χ2n) is 9.03. The maximum atomic E-state index is 13.3. The minimum atomic E-state index is -1.11. The van der Waals surface area contributed by atoms with Crippen LogP contribution in [-0.4, -0.2) is 23.2 Å². The van der Waals surface area contributed by atoms with Crippen LogP contribution >= 0.6 is 0 Å². The number of hydrogen-bond acceptors (Lipinski definition) is 7. The number of phenolic OH excluding ortho intramolecular Hbond substituents is 1. The van der Waals surface area contributed by atoms with Crippen LogP contribution in [-0.2, 0) is 22.6 Å². The first-order valence-electron chi connectivity index (χ1n) is 12.6. The normalized spacial score (nSPS) is 11.5. The summed E-state index contributed by atoms with van der Waals surface area (Å²) in [6, 6.07) is 30.0. The van der Waals surface area contributed by atoms with Crippen LogP contribution in [0, 0.1) is 0 Å². The summed E-state index contributed by atoms with van der Waals surface area (Å²) in [7, 11) is 0. The number of carbonyl (C=O) groups excluding carboxylic acids is 2. The third kappa shape index (κ3) is 6.36. The number of ether oxygens (including phenoxy) is 2. The average Bonchev–Trinajstić information content (AvgIpc) is 2.97. The molecule has 0 saturated heterocycles. The SMILES string of the molecule is O=C(NC(Cc1ccccc1)C(=O)Oc1cc(O)c2c(=O)cc(-c3ccccc3)oc2c1)OCc1ccccc1. The summed E-state index contributed by atoms with van der Waals surface area (Å²) < 4.78 is 16.7. The number of fused-ring (bicyclic) bond motifs is 1. The van der Waals surface area contributed by atoms with E-state index in [1.807, 2.05) is 66.7 Å². The van der Waals surface area contributed by atoms with Crippen molar-refractivity contribution in [3.05, 3.63) is 131 Å². The van der Waals surface area contributed by atoms with Crippen molar-refractivity contribution in [3.63, 3.8) is 0 Å². The monoisotopic (exact) mass is 535 g/mol. The lowest BCUT2D eigenvalue weighted by atomic mass is 10.1. The molecule has 0 radical (unpaired) electrons. The Morgan fingerprint density at radius 3 is 2.12 bits per heavy atom. The molecule has 4 aromatic carbocycles. The Morgan fingerprint density at radius 1 is 0.825 bits per heavy atom. The second kappa shape index (κ2) is 12.0. The molecular formula is C32H25NO7. The molecule has 0 aliphatic carbocycles. The van der Waals surface area contributed by atoms with Gasteiger partial charge in [-0.15, -0.1) is 0 Å². The van der Waals surface area contributed by atoms with Gasteiger partial charge in [-0.05, 0) is 11.1 Å². The van der Waals surface area contributed by atoms with Crippen molar-refractivity contribution in [1.29, 1.82) is 0 Å². The highest BCUT2D eigenvalue weighted by atomic mass is 16.6. The lowest BCUT2D eigenvalue weighted by Crippen LogP contribution is -2.44. The van der Waals surface area contributed by atoms with Gasteiger partial charge in [0.1, 0.15) is 40.9 Å². The number of rotatable bonds is 8. The Balaban J connectivity index is 1.38. The molecule has 0 fully saturated rings. The highest BCUT2D eigenvalue weighted by Crippen LogP contribution is 2.31. The molecule has 0 aliphatic heterocycles. The summed E-state index contributed by atoms with van der Waals surface area (Å²) in [5.74, 6) is -0.948. The van der Waals surface area contributed by atoms with Crippen molar-refractivity contribution in [3.8, 4) is 22.8 Å². The fourth-order valence-electron chi connectivity index (χ4n) is 4.18. The highest BCUT2D eigenvalue weighted by Gasteiger charge is 2.25. The van der Waals surface area contributed by atoms with E-state index in [4.69, 9.17) is 13.9 Å². The molecule has 1 unspecified atom stereocenters. The van der Waals surface area contributed by atoms with Crippen LogP contribution in [0.5, 0.6) is 11.5 Å². The maximum absolute atomic E-state index is 13.3. The van der Waals surface area contributed by atoms with E-state index in [9.17, 15) is 19.5 Å². The molecule has 2 N–H and O–H groups in total. The number of benzene rings is 4. The van der Waals surface area contributed by atoms with Gasteiger partial charge in [0.05, 0.1) is 0 Å². The zero-order valence-electron chi connectivity index (χ0n) is 21.3. The molecule has 8 nitrogen and oxygen atoms in total. The van der Waals surface area contributed by atoms with Crippen LogP contribution in [0.1, 0.15) is 11.1 Å². The van der Waals surface area contributed by atoms with Crippen LogP contribution in [0.4, 0.5) is 4.79 Å². The molecule has 40 heavy (non-hydrogen) atoms. The number of amides is 1. The first-order chi connectivity index (χ1) is 19.5. The molecule has 0 bridgehead atoms. The van der Waals surface area contributed by atoms with E-state index in [-0.39, 0.29) is 29.7 Å². The number of phenols is 1. The van der Waals surface area contributed by atoms with Gasteiger partial charge in [0.15, 0.2) is 5.43 Å². The van der Waals surface area contributed by atoms with Gasteiger partial charge in [-0.3, -0.25) is 4.79 Å². The Kier molecular flexibility index (Phi) is 7.87. The molecular weight excluding hydrogens is 510 g/mol. The van der Waals surface area contributed by atoms with E-state index >= 15 is 0 Å². The fourth-order valence-corrected chi connectivity index (χ4v) is 4.18. The van der Waals surface area contributed by atoms with Crippen molar-refractivity contribution in [2.75, 3.05) is 0 Å². The second-order valence-corrected chi connectivity index (χ2v) is 9.03. The van der Waals surface area contributed by atoms with Gasteiger partial charge >= 0.3 is 12.1 Å². The molecule has 200 valence electrons. The maximum Gasteiger partial charge on any atom is 0.408 e. The van der Waals surface area contributed by atoms with Crippen molar-refractivity contribution in [1.82, 2.24) is 5.32 Å². The minimum Gasteiger partial charge on any atom is -0.507 e. The first kappa shape index (κ1) is 26.2. The lowest BCUT2D eigenvalue weighted by Gasteiger charge is -2.18. The van der Waals surface area contributed by atoms with Gasteiger partial charge in [0.2, 0.25) is 0 Å². The largest absolute Gasteiger partial charge is 0.507 e. The lowest BCUT2D eigenvalue weighted by molar-refractivity contribution is -0.136. The van der Waals surface area contributed by atoms with Crippen LogP contribution in [0.15, 0.2) is 118 Å². The van der Waals surface area contributed by atoms with Crippen molar-refractivity contribution in [2.45, 2.75) is 19.1 Å². The number of nitrogens with one attached hydrogen (secondary N) is 1. The number of hydrogen-bond donors (Lipinski definition) is 2. The Morgan fingerprint density at radius 2 is 1.45 bits per heavy atom. The Hall–Kier alpha value is -5.37. The molecule has 1 heterocycles. The van der Waals surface area contributed by atoms with Crippen LogP contribution in [0.25, 0.3) is 22.3 Å². The molecule has 1 atom stereocenters. The van der Waals surface area contributed by atoms with Gasteiger partial charge < -0.3 is 24.3 Å². The summed E-state index contributed by atoms with van der Waals surface area (Å²) in [4.78, 5) is 38.6. The van der Waals surface area contributed by atoms with E-state index in [1.54, 1.807) is 24.3 Å². The highest BCUT2D eigenvalue weighted by molar-refractivity contribution is 5.88. The smallest absolute Gasteiger partial charge is 0.408 e. The third-order valence-electron chi connectivity index (χ3n) is 6.13. The predicted octanol–water partition coefficient (Wildman–Crippen LogP) is 5.61. The zero-order valence-corrected chi connectivity index (χ0v) is 21.3. The van der Waals surface area contributed by atoms with Gasteiger partial charge in [0, 0.05) is 30.2 Å². The Labute approximate surface area is 229 Å². The van der Waals surface area contributed by atoms with E-state index in [1.165, 1.54) is 12.1 Å². The van der Waals surface area contributed by atoms with Crippen LogP contribution < -0.4 is 15.5 Å². The first-order valence-corrected chi connectivity index (χ1v) is 12.6. The number of esters is 1. The third-order valence-corrected chi connectivity index (χ3v) is 6.13. The minimum absolute atomic E-state index is 0.0289. The molecule has 0 saturated carbocycles. The van der Waals surface area contributed by atoms with Gasteiger partial charge in [-0.1, -0.05) is 91.0 Å². The summed E-state index contributed by atoms with van der Waals surface area (Å²) >= 11 is 0. The summed E-state index contributed by atoms with van der Waals surface area (Å²) in [6.45, 7) is 0.0289. The standard InChI is InChI=1S/C32H25NO7/c34-26-17-24(18-29-30(26)27(35)19-28(40-29)23-14-8-3-9-15-23)39-31(36)25(16-21-10-4-1-5-11-21)33-32(37)38-20-22-12-6-2-7-13-22/h1-15,17-19,25,34H,16,20H2,(H,33,37). The zero-order chi connectivity index (χ0) is 27.9. The number of carbonyl (C=O) groups is 2. The van der Waals surface area contributed by atoms with E-state index in [0.29, 0.717) is 11.3 Å². The fraction of sp³-hybridized carbons (Fsp3) is 0.0938. The van der Waals surface area contributed by atoms with Crippen LogP contribution in [0.3, 0.4) is 0 Å². The molecule has 1 aromatic heterocycles. The van der Waals surface area contributed by atoms with Gasteiger partial charge in [-0.2, -0.15) is 0 Å². The quantitative estimate of drug-likeness (QED) is 0.196. The van der Waals surface area contributed by atoms with Crippen LogP contribution in [0.2, 0.25) is 0 Å². The van der Waals surface area contributed by atoms with Crippen molar-refractivity contribution >= 4 is 23.0 Å². The van der Waals surface area contributed by atoms with Crippen molar-refractivity contribution in [2.24, 2.45) is 0 Å². The predicted molar refractivity (Wildman–Crippen MR) is 149 cm³/mol. The summed E-state index contributed by atoms with van der Waals surface area (Å²) in [5.41, 5.74) is 1.85. The average molecular weight is 536 g/mol. The molecule has 5 aromatic rings. The molecule has 0 spiro atoms. The molecule has 5 rings (SSSR count). The topological polar surface area (TPSA) is 115 Å². The van der Waals surface area contributed by atoms with Gasteiger partial charge in [0.25, 0.3) is 0 Å². The summed E-state index contributed by atoms with van der Waals surface area (Å²) in [5, 5.41) is 13.1. The molecule has 1 amide bonds. The van der Waals surface area contributed by atoms with E-state index in [0.717, 1.165) is 17.2 Å². The summed E-state index contributed by atoms with van der Waals surface area (Å²) in [6.07, 6.45) is -0.658. The number of aromatic hydroxyl groups is 1. The Bertz CT molecular complexity index is 1680. The molecule has 8 heteroatoms. The molecule has 0 aliphatic rings. The van der Waals surface area contributed by atoms with Crippen molar-refractivity contribution < 1.29 is 28.6 Å². The van der Waals surface area contributed by atoms with E-state index in [2.05, 4.69) is 5.32 Å².